The minimum absolute atomic E-state index is 0.0901. The Bertz CT molecular complexity index is 658. The predicted molar refractivity (Wildman–Crippen MR) is 84.9 cm³/mol. The number of aromatic nitrogens is 3. The molecule has 1 amide bonds. The molecule has 2 aromatic rings. The molecule has 2 aromatic heterocycles. The summed E-state index contributed by atoms with van der Waals surface area (Å²) in [7, 11) is 1.81. The number of nitrogens with one attached hydrogen (secondary N) is 1. The summed E-state index contributed by atoms with van der Waals surface area (Å²) in [6.45, 7) is 3.89. The van der Waals surface area contributed by atoms with E-state index in [2.05, 4.69) is 33.3 Å². The number of piperidine rings is 1. The first kappa shape index (κ1) is 14.6. The van der Waals surface area contributed by atoms with E-state index >= 15 is 0 Å². The maximum absolute atomic E-state index is 12.1. The highest BCUT2D eigenvalue weighted by Gasteiger charge is 2.22. The van der Waals surface area contributed by atoms with Crippen molar-refractivity contribution in [1.29, 1.82) is 0 Å². The Balaban J connectivity index is 1.54. The third-order valence-electron chi connectivity index (χ3n) is 4.00. The summed E-state index contributed by atoms with van der Waals surface area (Å²) >= 11 is 0. The van der Waals surface area contributed by atoms with Crippen LogP contribution < -0.4 is 10.2 Å². The fraction of sp³-hybridized carbons (Fsp3) is 0.438. The fourth-order valence-corrected chi connectivity index (χ4v) is 2.74. The van der Waals surface area contributed by atoms with Crippen molar-refractivity contribution in [3.05, 3.63) is 41.9 Å². The van der Waals surface area contributed by atoms with Gasteiger partial charge < -0.3 is 10.2 Å². The van der Waals surface area contributed by atoms with Gasteiger partial charge in [0.2, 0.25) is 0 Å². The first-order valence-electron chi connectivity index (χ1n) is 7.60. The molecule has 0 aliphatic carbocycles. The van der Waals surface area contributed by atoms with Crippen molar-refractivity contribution in [2.75, 3.05) is 18.0 Å². The van der Waals surface area contributed by atoms with Gasteiger partial charge in [-0.25, -0.2) is 4.98 Å². The summed E-state index contributed by atoms with van der Waals surface area (Å²) < 4.78 is 1.64. The maximum Gasteiger partial charge on any atom is 0.271 e. The minimum atomic E-state index is -0.0901. The third kappa shape index (κ3) is 3.27. The molecule has 0 aromatic carbocycles. The van der Waals surface area contributed by atoms with Gasteiger partial charge in [0.05, 0.1) is 0 Å². The Kier molecular flexibility index (Phi) is 4.09. The number of nitrogens with zero attached hydrogens (tertiary/aromatic N) is 4. The minimum Gasteiger partial charge on any atom is -0.356 e. The molecule has 0 unspecified atom stereocenters. The Morgan fingerprint density at radius 3 is 2.73 bits per heavy atom. The second-order valence-electron chi connectivity index (χ2n) is 5.80. The van der Waals surface area contributed by atoms with E-state index in [0.29, 0.717) is 5.69 Å². The van der Waals surface area contributed by atoms with E-state index in [1.165, 1.54) is 5.56 Å². The van der Waals surface area contributed by atoms with Crippen LogP contribution in [0.2, 0.25) is 0 Å². The topological polar surface area (TPSA) is 63.1 Å². The van der Waals surface area contributed by atoms with Crippen LogP contribution in [0.4, 0.5) is 5.82 Å². The molecule has 6 nitrogen and oxygen atoms in total. The van der Waals surface area contributed by atoms with Crippen LogP contribution >= 0.6 is 0 Å². The highest BCUT2D eigenvalue weighted by molar-refractivity contribution is 5.92. The van der Waals surface area contributed by atoms with Crippen molar-refractivity contribution >= 4 is 11.7 Å². The number of carbonyl (C=O) groups is 1. The largest absolute Gasteiger partial charge is 0.356 e. The Labute approximate surface area is 130 Å². The van der Waals surface area contributed by atoms with Crippen LogP contribution in [0.5, 0.6) is 0 Å². The van der Waals surface area contributed by atoms with Crippen LogP contribution in [0.15, 0.2) is 30.6 Å². The van der Waals surface area contributed by atoms with Crippen LogP contribution in [-0.2, 0) is 7.05 Å². The van der Waals surface area contributed by atoms with Crippen LogP contribution in [0, 0.1) is 6.92 Å². The van der Waals surface area contributed by atoms with Gasteiger partial charge in [-0.1, -0.05) is 0 Å². The van der Waals surface area contributed by atoms with Gasteiger partial charge in [0, 0.05) is 38.6 Å². The van der Waals surface area contributed by atoms with E-state index in [1.54, 1.807) is 16.9 Å². The van der Waals surface area contributed by atoms with Crippen molar-refractivity contribution in [1.82, 2.24) is 20.1 Å². The van der Waals surface area contributed by atoms with Crippen LogP contribution in [0.25, 0.3) is 0 Å². The summed E-state index contributed by atoms with van der Waals surface area (Å²) in [4.78, 5) is 18.8. The number of carbonyl (C=O) groups excluding carboxylic acids is 1. The molecule has 1 aliphatic heterocycles. The molecule has 0 saturated carbocycles. The second-order valence-corrected chi connectivity index (χ2v) is 5.80. The molecule has 0 radical (unpaired) electrons. The summed E-state index contributed by atoms with van der Waals surface area (Å²) in [6, 6.07) is 6.05. The Hall–Kier alpha value is -2.37. The van der Waals surface area contributed by atoms with Gasteiger partial charge in [0.1, 0.15) is 11.5 Å². The number of hydrogen-bond donors (Lipinski definition) is 1. The first-order chi connectivity index (χ1) is 10.6. The maximum atomic E-state index is 12.1. The zero-order valence-corrected chi connectivity index (χ0v) is 13.0. The Morgan fingerprint density at radius 1 is 1.32 bits per heavy atom. The smallest absolute Gasteiger partial charge is 0.271 e. The number of rotatable bonds is 3. The standard InChI is InChI=1S/C16H21N5O/c1-12-3-7-17-15(11-12)21-9-4-13(5-10-21)18-16(22)14-6-8-20(2)19-14/h3,6-8,11,13H,4-5,9-10H2,1-2H3,(H,18,22). The predicted octanol–water partition coefficient (Wildman–Crippen LogP) is 1.52. The van der Waals surface area contributed by atoms with Crippen molar-refractivity contribution in [2.45, 2.75) is 25.8 Å². The monoisotopic (exact) mass is 299 g/mol. The highest BCUT2D eigenvalue weighted by Crippen LogP contribution is 2.18. The van der Waals surface area contributed by atoms with Crippen molar-refractivity contribution < 1.29 is 4.79 Å². The van der Waals surface area contributed by atoms with Crippen LogP contribution in [0.1, 0.15) is 28.9 Å². The lowest BCUT2D eigenvalue weighted by atomic mass is 10.0. The highest BCUT2D eigenvalue weighted by atomic mass is 16.2. The quantitative estimate of drug-likeness (QED) is 0.933. The molecule has 0 atom stereocenters. The molecule has 1 saturated heterocycles. The number of amides is 1. The van der Waals surface area contributed by atoms with E-state index in [0.717, 1.165) is 31.7 Å². The molecular formula is C16H21N5O. The molecule has 1 N–H and O–H groups in total. The van der Waals surface area contributed by atoms with E-state index in [-0.39, 0.29) is 11.9 Å². The number of pyridine rings is 1. The van der Waals surface area contributed by atoms with E-state index in [1.807, 2.05) is 19.3 Å². The summed E-state index contributed by atoms with van der Waals surface area (Å²) in [6.07, 6.45) is 5.48. The number of hydrogen-bond acceptors (Lipinski definition) is 4. The molecule has 1 aliphatic rings. The fourth-order valence-electron chi connectivity index (χ4n) is 2.74. The number of aryl methyl sites for hydroxylation is 2. The SMILES string of the molecule is Cc1ccnc(N2CCC(NC(=O)c3ccn(C)n3)CC2)c1. The lowest BCUT2D eigenvalue weighted by Crippen LogP contribution is -2.45. The average molecular weight is 299 g/mol. The van der Waals surface area contributed by atoms with E-state index in [4.69, 9.17) is 0 Å². The van der Waals surface area contributed by atoms with Gasteiger partial charge in [-0.3, -0.25) is 9.48 Å². The summed E-state index contributed by atoms with van der Waals surface area (Å²) in [5, 5.41) is 7.20. The molecule has 6 heteroatoms. The molecule has 0 spiro atoms. The van der Waals surface area contributed by atoms with Gasteiger partial charge in [-0.05, 0) is 43.5 Å². The van der Waals surface area contributed by atoms with E-state index in [9.17, 15) is 4.79 Å². The normalized spacial score (nSPS) is 15.8. The molecule has 3 heterocycles. The average Bonchev–Trinajstić information content (AvgIpc) is 2.95. The molecule has 116 valence electrons. The summed E-state index contributed by atoms with van der Waals surface area (Å²) in [5.74, 6) is 0.933. The molecule has 1 fully saturated rings. The van der Waals surface area contributed by atoms with Crippen LogP contribution in [-0.4, -0.2) is 39.8 Å². The number of anilines is 1. The van der Waals surface area contributed by atoms with Crippen molar-refractivity contribution in [3.8, 4) is 0 Å². The van der Waals surface area contributed by atoms with Crippen molar-refractivity contribution in [2.24, 2.45) is 7.05 Å². The summed E-state index contributed by atoms with van der Waals surface area (Å²) in [5.41, 5.74) is 1.70. The zero-order valence-electron chi connectivity index (χ0n) is 13.0. The first-order valence-corrected chi connectivity index (χ1v) is 7.60. The Morgan fingerprint density at radius 2 is 2.09 bits per heavy atom. The molecular weight excluding hydrogens is 278 g/mol. The molecule has 3 rings (SSSR count). The van der Waals surface area contributed by atoms with Gasteiger partial charge in [0.15, 0.2) is 0 Å². The van der Waals surface area contributed by atoms with E-state index < -0.39 is 0 Å². The van der Waals surface area contributed by atoms with Gasteiger partial charge in [-0.2, -0.15) is 5.10 Å². The lowest BCUT2D eigenvalue weighted by Gasteiger charge is -2.33. The van der Waals surface area contributed by atoms with Gasteiger partial charge in [0.25, 0.3) is 5.91 Å². The molecule has 22 heavy (non-hydrogen) atoms. The zero-order chi connectivity index (χ0) is 15.5. The van der Waals surface area contributed by atoms with Crippen molar-refractivity contribution in [3.63, 3.8) is 0 Å². The van der Waals surface area contributed by atoms with Gasteiger partial charge in [-0.15, -0.1) is 0 Å². The van der Waals surface area contributed by atoms with Gasteiger partial charge >= 0.3 is 0 Å². The van der Waals surface area contributed by atoms with Crippen LogP contribution in [0.3, 0.4) is 0 Å². The molecule has 0 bridgehead atoms. The second kappa shape index (κ2) is 6.17. The lowest BCUT2D eigenvalue weighted by molar-refractivity contribution is 0.0925. The third-order valence-corrected chi connectivity index (χ3v) is 4.00.